The van der Waals surface area contributed by atoms with Crippen molar-refractivity contribution in [2.45, 2.75) is 11.8 Å². The first-order valence-corrected chi connectivity index (χ1v) is 11.5. The summed E-state index contributed by atoms with van der Waals surface area (Å²) >= 11 is 12.1. The predicted octanol–water partition coefficient (Wildman–Crippen LogP) is 4.91. The number of hydrogen-bond acceptors (Lipinski definition) is 4. The molecule has 3 rings (SSSR count). The number of sulfonamides is 1. The van der Waals surface area contributed by atoms with E-state index >= 15 is 0 Å². The molecule has 0 spiro atoms. The molecule has 0 saturated carbocycles. The molecule has 0 unspecified atom stereocenters. The molecule has 2 N–H and O–H groups in total. The van der Waals surface area contributed by atoms with Crippen LogP contribution < -0.4 is 14.8 Å². The summed E-state index contributed by atoms with van der Waals surface area (Å²) in [6.07, 6.45) is 0. The van der Waals surface area contributed by atoms with Crippen LogP contribution in [-0.4, -0.2) is 27.5 Å². The number of ether oxygens (including phenoxy) is 1. The van der Waals surface area contributed by atoms with Gasteiger partial charge in [0.25, 0.3) is 15.9 Å². The fourth-order valence-electron chi connectivity index (χ4n) is 2.76. The van der Waals surface area contributed by atoms with E-state index in [4.69, 9.17) is 27.9 Å². The molecule has 0 saturated heterocycles. The molecule has 6 nitrogen and oxygen atoms in total. The van der Waals surface area contributed by atoms with Gasteiger partial charge in [0.15, 0.2) is 0 Å². The number of aryl methyl sites for hydroxylation is 1. The van der Waals surface area contributed by atoms with Crippen LogP contribution in [0.5, 0.6) is 5.75 Å². The Hall–Kier alpha value is -2.74. The summed E-state index contributed by atoms with van der Waals surface area (Å²) in [6.45, 7) is 2.25. The Bertz CT molecular complexity index is 1200. The van der Waals surface area contributed by atoms with E-state index in [1.54, 1.807) is 42.5 Å². The summed E-state index contributed by atoms with van der Waals surface area (Å²) in [5, 5.41) is 3.17. The van der Waals surface area contributed by atoms with E-state index in [0.29, 0.717) is 16.5 Å². The van der Waals surface area contributed by atoms with Gasteiger partial charge in [-0.15, -0.1) is 0 Å². The van der Waals surface area contributed by atoms with E-state index in [2.05, 4.69) is 10.0 Å². The van der Waals surface area contributed by atoms with Crippen molar-refractivity contribution in [1.29, 1.82) is 0 Å². The van der Waals surface area contributed by atoms with Crippen molar-refractivity contribution >= 4 is 44.8 Å². The Morgan fingerprint density at radius 3 is 2.48 bits per heavy atom. The summed E-state index contributed by atoms with van der Waals surface area (Å²) < 4.78 is 33.6. The van der Waals surface area contributed by atoms with Crippen LogP contribution in [0.2, 0.25) is 10.0 Å². The second-order valence-corrected chi connectivity index (χ2v) is 9.12. The van der Waals surface area contributed by atoms with Crippen molar-refractivity contribution < 1.29 is 17.9 Å². The third-order valence-corrected chi connectivity index (χ3v) is 6.41. The van der Waals surface area contributed by atoms with Crippen molar-refractivity contribution in [3.63, 3.8) is 0 Å². The van der Waals surface area contributed by atoms with Gasteiger partial charge in [0.1, 0.15) is 17.3 Å². The maximum Gasteiger partial charge on any atom is 0.263 e. The Balaban J connectivity index is 1.66. The van der Waals surface area contributed by atoms with Crippen LogP contribution in [0.25, 0.3) is 0 Å². The van der Waals surface area contributed by atoms with Gasteiger partial charge >= 0.3 is 0 Å². The number of carbonyl (C=O) groups excluding carboxylic acids is 1. The number of amides is 1. The van der Waals surface area contributed by atoms with Gasteiger partial charge in [0.2, 0.25) is 0 Å². The van der Waals surface area contributed by atoms with Crippen LogP contribution in [0.3, 0.4) is 0 Å². The number of para-hydroxylation sites is 1. The second-order valence-electron chi connectivity index (χ2n) is 6.65. The zero-order valence-corrected chi connectivity index (χ0v) is 18.9. The summed E-state index contributed by atoms with van der Waals surface area (Å²) in [5.74, 6) is 0.0620. The molecule has 9 heteroatoms. The lowest BCUT2D eigenvalue weighted by Gasteiger charge is -2.12. The van der Waals surface area contributed by atoms with E-state index in [1.165, 1.54) is 18.2 Å². The highest BCUT2D eigenvalue weighted by Gasteiger charge is 2.20. The largest absolute Gasteiger partial charge is 0.490 e. The first-order chi connectivity index (χ1) is 14.8. The van der Waals surface area contributed by atoms with Gasteiger partial charge in [-0.3, -0.25) is 9.52 Å². The fraction of sp³-hybridized carbons (Fsp3) is 0.136. The molecular weight excluding hydrogens is 459 g/mol. The summed E-state index contributed by atoms with van der Waals surface area (Å²) in [7, 11) is -3.98. The molecule has 0 atom stereocenters. The fourth-order valence-corrected chi connectivity index (χ4v) is 4.53. The Labute approximate surface area is 191 Å². The first kappa shape index (κ1) is 22.9. The molecule has 31 heavy (non-hydrogen) atoms. The maximum absolute atomic E-state index is 12.8. The van der Waals surface area contributed by atoms with Gasteiger partial charge < -0.3 is 10.1 Å². The lowest BCUT2D eigenvalue weighted by molar-refractivity contribution is 0.0947. The smallest absolute Gasteiger partial charge is 0.263 e. The molecule has 3 aromatic carbocycles. The molecule has 162 valence electrons. The van der Waals surface area contributed by atoms with Crippen molar-refractivity contribution in [2.75, 3.05) is 17.9 Å². The van der Waals surface area contributed by atoms with Gasteiger partial charge in [-0.2, -0.15) is 0 Å². The van der Waals surface area contributed by atoms with Crippen molar-refractivity contribution in [2.24, 2.45) is 0 Å². The Morgan fingerprint density at radius 1 is 0.968 bits per heavy atom. The normalized spacial score (nSPS) is 11.1. The van der Waals surface area contributed by atoms with Crippen molar-refractivity contribution in [1.82, 2.24) is 5.32 Å². The van der Waals surface area contributed by atoms with Gasteiger partial charge in [-0.05, 0) is 55.0 Å². The Kier molecular flexibility index (Phi) is 7.43. The molecule has 0 aliphatic carbocycles. The third-order valence-electron chi connectivity index (χ3n) is 4.24. The number of benzene rings is 3. The lowest BCUT2D eigenvalue weighted by Crippen LogP contribution is -2.28. The monoisotopic (exact) mass is 478 g/mol. The van der Waals surface area contributed by atoms with Gasteiger partial charge in [-0.25, -0.2) is 8.42 Å². The number of hydrogen-bond donors (Lipinski definition) is 2. The molecule has 1 amide bonds. The second kappa shape index (κ2) is 10.0. The minimum atomic E-state index is -3.98. The van der Waals surface area contributed by atoms with Gasteiger partial charge in [0.05, 0.1) is 16.6 Å². The summed E-state index contributed by atoms with van der Waals surface area (Å²) in [5.41, 5.74) is 1.47. The summed E-state index contributed by atoms with van der Waals surface area (Å²) in [6, 6.07) is 18.0. The number of rotatable bonds is 8. The van der Waals surface area contributed by atoms with E-state index in [-0.39, 0.29) is 28.6 Å². The highest BCUT2D eigenvalue weighted by molar-refractivity contribution is 7.92. The molecule has 0 aromatic heterocycles. The molecule has 0 radical (unpaired) electrons. The highest BCUT2D eigenvalue weighted by atomic mass is 35.5. The Morgan fingerprint density at radius 2 is 1.74 bits per heavy atom. The zero-order chi connectivity index (χ0) is 22.4. The van der Waals surface area contributed by atoms with Crippen LogP contribution in [-0.2, 0) is 10.0 Å². The summed E-state index contributed by atoms with van der Waals surface area (Å²) in [4.78, 5) is 12.3. The number of carbonyl (C=O) groups is 1. The average Bonchev–Trinajstić information content (AvgIpc) is 2.72. The van der Waals surface area contributed by atoms with Gasteiger partial charge in [0, 0.05) is 11.3 Å². The average molecular weight is 479 g/mol. The molecule has 0 fully saturated rings. The van der Waals surface area contributed by atoms with E-state index in [9.17, 15) is 13.2 Å². The SMILES string of the molecule is Cc1cccc(NS(=O)(=O)c2cc(C(=O)NCCOc3ccccc3Cl)ccc2Cl)c1. The minimum absolute atomic E-state index is 0.0127. The molecule has 3 aromatic rings. The minimum Gasteiger partial charge on any atom is -0.490 e. The van der Waals surface area contributed by atoms with E-state index < -0.39 is 15.9 Å². The van der Waals surface area contributed by atoms with Crippen LogP contribution in [0.15, 0.2) is 71.6 Å². The standard InChI is InChI=1S/C22H20Cl2N2O4S/c1-15-5-4-6-17(13-15)26-31(28,29)21-14-16(9-10-19(21)24)22(27)25-11-12-30-20-8-3-2-7-18(20)23/h2-10,13-14,26H,11-12H2,1H3,(H,25,27). The van der Waals surface area contributed by atoms with Gasteiger partial charge in [-0.1, -0.05) is 47.5 Å². The first-order valence-electron chi connectivity index (χ1n) is 9.31. The number of halogens is 2. The van der Waals surface area contributed by atoms with Crippen LogP contribution in [0, 0.1) is 6.92 Å². The van der Waals surface area contributed by atoms with Crippen LogP contribution >= 0.6 is 23.2 Å². The maximum atomic E-state index is 12.8. The molecule has 0 aliphatic heterocycles. The van der Waals surface area contributed by atoms with Crippen LogP contribution in [0.4, 0.5) is 5.69 Å². The predicted molar refractivity (Wildman–Crippen MR) is 123 cm³/mol. The molecular formula is C22H20Cl2N2O4S. The number of nitrogens with one attached hydrogen (secondary N) is 2. The van der Waals surface area contributed by atoms with Crippen molar-refractivity contribution in [3.8, 4) is 5.75 Å². The van der Waals surface area contributed by atoms with E-state index in [0.717, 1.165) is 5.56 Å². The zero-order valence-electron chi connectivity index (χ0n) is 16.6. The third kappa shape index (κ3) is 6.13. The molecule has 0 aliphatic rings. The highest BCUT2D eigenvalue weighted by Crippen LogP contribution is 2.26. The quantitative estimate of drug-likeness (QED) is 0.450. The lowest BCUT2D eigenvalue weighted by atomic mass is 10.2. The topological polar surface area (TPSA) is 84.5 Å². The van der Waals surface area contributed by atoms with E-state index in [1.807, 2.05) is 13.0 Å². The molecule has 0 heterocycles. The van der Waals surface area contributed by atoms with Crippen molar-refractivity contribution in [3.05, 3.63) is 87.9 Å². The number of anilines is 1. The van der Waals surface area contributed by atoms with Crippen LogP contribution in [0.1, 0.15) is 15.9 Å². The molecule has 0 bridgehead atoms.